The number of benzene rings is 3. The van der Waals surface area contributed by atoms with E-state index in [1.54, 1.807) is 30.5 Å². The highest BCUT2D eigenvalue weighted by Gasteiger charge is 2.07. The van der Waals surface area contributed by atoms with E-state index in [-0.39, 0.29) is 5.91 Å². The fourth-order valence-corrected chi connectivity index (χ4v) is 2.75. The minimum absolute atomic E-state index is 0.332. The zero-order valence-corrected chi connectivity index (χ0v) is 17.1. The zero-order chi connectivity index (χ0) is 21.3. The van der Waals surface area contributed by atoms with Gasteiger partial charge in [0, 0.05) is 11.3 Å². The summed E-state index contributed by atoms with van der Waals surface area (Å²) in [4.78, 5) is 12.1. The second kappa shape index (κ2) is 10.1. The minimum Gasteiger partial charge on any atom is -0.490 e. The van der Waals surface area contributed by atoms with E-state index >= 15 is 0 Å². The van der Waals surface area contributed by atoms with E-state index in [1.807, 2.05) is 37.3 Å². The van der Waals surface area contributed by atoms with Crippen LogP contribution in [0, 0.1) is 6.92 Å². The second-order valence-corrected chi connectivity index (χ2v) is 6.74. The first kappa shape index (κ1) is 20.9. The Morgan fingerprint density at radius 3 is 2.57 bits per heavy atom. The molecule has 0 bridgehead atoms. The van der Waals surface area contributed by atoms with Crippen LogP contribution < -0.4 is 20.6 Å². The molecule has 3 aromatic rings. The van der Waals surface area contributed by atoms with Gasteiger partial charge in [0.2, 0.25) is 0 Å². The summed E-state index contributed by atoms with van der Waals surface area (Å²) in [7, 11) is 0. The van der Waals surface area contributed by atoms with Crippen molar-refractivity contribution in [1.29, 1.82) is 0 Å². The smallest absolute Gasteiger partial charge is 0.271 e. The first-order valence-electron chi connectivity index (χ1n) is 9.69. The van der Waals surface area contributed by atoms with E-state index in [4.69, 9.17) is 15.2 Å². The van der Waals surface area contributed by atoms with Crippen LogP contribution in [0.1, 0.15) is 34.0 Å². The SMILES string of the molecule is CCOc1cc(/C=N\NC(=O)c2cccc(N)c2)ccc1OCc1ccc(C)cc1. The maximum atomic E-state index is 12.1. The average molecular weight is 403 g/mol. The first-order chi connectivity index (χ1) is 14.5. The molecule has 0 saturated carbocycles. The molecule has 0 atom stereocenters. The number of aryl methyl sites for hydroxylation is 1. The van der Waals surface area contributed by atoms with Crippen LogP contribution in [0.15, 0.2) is 71.8 Å². The van der Waals surface area contributed by atoms with Crippen molar-refractivity contribution in [3.05, 3.63) is 89.0 Å². The normalized spacial score (nSPS) is 10.7. The van der Waals surface area contributed by atoms with Gasteiger partial charge in [-0.15, -0.1) is 0 Å². The number of amides is 1. The summed E-state index contributed by atoms with van der Waals surface area (Å²) in [5, 5.41) is 4.02. The molecule has 154 valence electrons. The summed E-state index contributed by atoms with van der Waals surface area (Å²) in [6.45, 7) is 4.92. The summed E-state index contributed by atoms with van der Waals surface area (Å²) in [5.74, 6) is 0.940. The molecule has 0 aliphatic rings. The molecule has 0 fully saturated rings. The van der Waals surface area contributed by atoms with Crippen molar-refractivity contribution < 1.29 is 14.3 Å². The summed E-state index contributed by atoms with van der Waals surface area (Å²) < 4.78 is 11.6. The van der Waals surface area contributed by atoms with Crippen molar-refractivity contribution in [2.24, 2.45) is 5.10 Å². The number of hydrogen-bond acceptors (Lipinski definition) is 5. The quantitative estimate of drug-likeness (QED) is 0.333. The van der Waals surface area contributed by atoms with Crippen molar-refractivity contribution >= 4 is 17.8 Å². The molecule has 0 radical (unpaired) electrons. The molecule has 0 spiro atoms. The summed E-state index contributed by atoms with van der Waals surface area (Å²) in [6, 6.07) is 20.4. The Morgan fingerprint density at radius 2 is 1.83 bits per heavy atom. The Bertz CT molecular complexity index is 1030. The number of rotatable bonds is 8. The maximum absolute atomic E-state index is 12.1. The van der Waals surface area contributed by atoms with Gasteiger partial charge in [0.15, 0.2) is 11.5 Å². The molecule has 0 aromatic heterocycles. The standard InChI is InChI=1S/C24H25N3O3/c1-3-29-23-13-19(15-26-27-24(28)20-5-4-6-21(25)14-20)11-12-22(23)30-16-18-9-7-17(2)8-10-18/h4-15H,3,16,25H2,1-2H3,(H,27,28)/b26-15-. The van der Waals surface area contributed by atoms with Crippen molar-refractivity contribution in [2.75, 3.05) is 12.3 Å². The van der Waals surface area contributed by atoms with Gasteiger partial charge in [-0.05, 0) is 61.4 Å². The second-order valence-electron chi connectivity index (χ2n) is 6.74. The lowest BCUT2D eigenvalue weighted by molar-refractivity contribution is 0.0955. The Morgan fingerprint density at radius 1 is 1.03 bits per heavy atom. The van der Waals surface area contributed by atoms with Gasteiger partial charge in [0.25, 0.3) is 5.91 Å². The highest BCUT2D eigenvalue weighted by Crippen LogP contribution is 2.29. The van der Waals surface area contributed by atoms with Crippen LogP contribution in [0.4, 0.5) is 5.69 Å². The summed E-state index contributed by atoms with van der Waals surface area (Å²) >= 11 is 0. The van der Waals surface area contributed by atoms with Gasteiger partial charge < -0.3 is 15.2 Å². The predicted octanol–water partition coefficient (Wildman–Crippen LogP) is 4.32. The summed E-state index contributed by atoms with van der Waals surface area (Å²) in [6.07, 6.45) is 1.55. The fourth-order valence-electron chi connectivity index (χ4n) is 2.75. The molecule has 30 heavy (non-hydrogen) atoms. The van der Waals surface area contributed by atoms with E-state index in [1.165, 1.54) is 5.56 Å². The van der Waals surface area contributed by atoms with Gasteiger partial charge in [-0.25, -0.2) is 5.43 Å². The summed E-state index contributed by atoms with van der Waals surface area (Å²) in [5.41, 5.74) is 12.2. The van der Waals surface area contributed by atoms with Crippen LogP contribution in [-0.4, -0.2) is 18.7 Å². The Balaban J connectivity index is 1.65. The number of carbonyl (C=O) groups is 1. The highest BCUT2D eigenvalue weighted by atomic mass is 16.5. The molecular formula is C24H25N3O3. The Labute approximate surface area is 176 Å². The lowest BCUT2D eigenvalue weighted by Gasteiger charge is -2.12. The number of nitrogens with two attached hydrogens (primary N) is 1. The molecule has 6 heteroatoms. The molecule has 1 amide bonds. The molecule has 3 N–H and O–H groups in total. The highest BCUT2D eigenvalue weighted by molar-refractivity contribution is 5.95. The topological polar surface area (TPSA) is 85.9 Å². The molecule has 0 heterocycles. The number of hydrazone groups is 1. The van der Waals surface area contributed by atoms with Gasteiger partial charge in [0.1, 0.15) is 6.61 Å². The van der Waals surface area contributed by atoms with Crippen molar-refractivity contribution in [3.8, 4) is 11.5 Å². The molecule has 6 nitrogen and oxygen atoms in total. The number of nitrogens with one attached hydrogen (secondary N) is 1. The van der Waals surface area contributed by atoms with E-state index in [2.05, 4.69) is 29.6 Å². The Hall–Kier alpha value is -3.80. The number of ether oxygens (including phenoxy) is 2. The largest absolute Gasteiger partial charge is 0.490 e. The van der Waals surface area contributed by atoms with Crippen molar-refractivity contribution in [1.82, 2.24) is 5.43 Å². The average Bonchev–Trinajstić information content (AvgIpc) is 2.74. The lowest BCUT2D eigenvalue weighted by atomic mass is 10.2. The number of hydrogen-bond donors (Lipinski definition) is 2. The van der Waals surface area contributed by atoms with Crippen LogP contribution in [0.5, 0.6) is 11.5 Å². The third-order valence-electron chi connectivity index (χ3n) is 4.31. The van der Waals surface area contributed by atoms with Gasteiger partial charge in [-0.1, -0.05) is 35.9 Å². The van der Waals surface area contributed by atoms with E-state index < -0.39 is 0 Å². The number of nitrogen functional groups attached to an aromatic ring is 1. The fraction of sp³-hybridized carbons (Fsp3) is 0.167. The van der Waals surface area contributed by atoms with E-state index in [0.717, 1.165) is 11.1 Å². The van der Waals surface area contributed by atoms with Crippen LogP contribution in [0.3, 0.4) is 0 Å². The van der Waals surface area contributed by atoms with Gasteiger partial charge >= 0.3 is 0 Å². The van der Waals surface area contributed by atoms with Crippen LogP contribution >= 0.6 is 0 Å². The van der Waals surface area contributed by atoms with Crippen molar-refractivity contribution in [3.63, 3.8) is 0 Å². The van der Waals surface area contributed by atoms with E-state index in [0.29, 0.717) is 36.0 Å². The lowest BCUT2D eigenvalue weighted by Crippen LogP contribution is -2.17. The molecule has 3 rings (SSSR count). The molecule has 0 aliphatic carbocycles. The minimum atomic E-state index is -0.332. The number of nitrogens with zero attached hydrogens (tertiary/aromatic N) is 1. The van der Waals surface area contributed by atoms with E-state index in [9.17, 15) is 4.79 Å². The van der Waals surface area contributed by atoms with Crippen LogP contribution in [0.25, 0.3) is 0 Å². The Kier molecular flexibility index (Phi) is 7.05. The molecule has 0 saturated heterocycles. The number of anilines is 1. The third-order valence-corrected chi connectivity index (χ3v) is 4.31. The molecule has 3 aromatic carbocycles. The molecule has 0 aliphatic heterocycles. The number of carbonyl (C=O) groups excluding carboxylic acids is 1. The van der Waals surface area contributed by atoms with Gasteiger partial charge in [-0.3, -0.25) is 4.79 Å². The maximum Gasteiger partial charge on any atom is 0.271 e. The van der Waals surface area contributed by atoms with Crippen molar-refractivity contribution in [2.45, 2.75) is 20.5 Å². The molecular weight excluding hydrogens is 378 g/mol. The first-order valence-corrected chi connectivity index (χ1v) is 9.69. The van der Waals surface area contributed by atoms with Gasteiger partial charge in [0.05, 0.1) is 12.8 Å². The van der Waals surface area contributed by atoms with Gasteiger partial charge in [-0.2, -0.15) is 5.10 Å². The molecule has 0 unspecified atom stereocenters. The third kappa shape index (κ3) is 5.85. The predicted molar refractivity (Wildman–Crippen MR) is 119 cm³/mol. The van der Waals surface area contributed by atoms with Crippen LogP contribution in [-0.2, 0) is 6.61 Å². The monoisotopic (exact) mass is 403 g/mol. The zero-order valence-electron chi connectivity index (χ0n) is 17.1. The van der Waals surface area contributed by atoms with Crippen LogP contribution in [0.2, 0.25) is 0 Å².